The first-order valence-electron chi connectivity index (χ1n) is 5.67. The maximum atomic E-state index is 14.1. The molecule has 0 aliphatic rings. The van der Waals surface area contributed by atoms with Gasteiger partial charge in [-0.2, -0.15) is 0 Å². The number of hydrogen-bond donors (Lipinski definition) is 1. The third-order valence-electron chi connectivity index (χ3n) is 2.92. The fourth-order valence-corrected chi connectivity index (χ4v) is 2.00. The van der Waals surface area contributed by atoms with E-state index >= 15 is 0 Å². The van der Waals surface area contributed by atoms with Crippen LogP contribution in [0.3, 0.4) is 0 Å². The molecule has 0 atom stereocenters. The standard InChI is InChI=1S/C15H9FO3/c16-14-10(5-3-6-11(14)15(17)18)13-8-9-4-1-2-7-12(9)19-13/h1-8H,(H,17,18). The van der Waals surface area contributed by atoms with Crippen molar-refractivity contribution in [2.24, 2.45) is 0 Å². The SMILES string of the molecule is O=C(O)c1cccc(-c2cc3ccccc3o2)c1F. The molecule has 1 N–H and O–H groups in total. The van der Waals surface area contributed by atoms with Gasteiger partial charge in [0.1, 0.15) is 17.2 Å². The fourth-order valence-electron chi connectivity index (χ4n) is 2.00. The molecule has 0 unspecified atom stereocenters. The second-order valence-corrected chi connectivity index (χ2v) is 4.12. The van der Waals surface area contributed by atoms with Crippen LogP contribution in [0.5, 0.6) is 0 Å². The summed E-state index contributed by atoms with van der Waals surface area (Å²) < 4.78 is 19.6. The highest BCUT2D eigenvalue weighted by Gasteiger charge is 2.17. The van der Waals surface area contributed by atoms with Gasteiger partial charge < -0.3 is 9.52 Å². The van der Waals surface area contributed by atoms with Gasteiger partial charge in [-0.15, -0.1) is 0 Å². The molecule has 0 fully saturated rings. The number of furan rings is 1. The van der Waals surface area contributed by atoms with Gasteiger partial charge in [0.15, 0.2) is 0 Å². The highest BCUT2D eigenvalue weighted by atomic mass is 19.1. The first kappa shape index (κ1) is 11.5. The van der Waals surface area contributed by atoms with E-state index in [0.29, 0.717) is 11.3 Å². The molecule has 0 aliphatic carbocycles. The van der Waals surface area contributed by atoms with E-state index < -0.39 is 11.8 Å². The van der Waals surface area contributed by atoms with Crippen LogP contribution in [0.4, 0.5) is 4.39 Å². The number of aromatic carboxylic acids is 1. The Balaban J connectivity index is 2.21. The van der Waals surface area contributed by atoms with Gasteiger partial charge in [-0.25, -0.2) is 9.18 Å². The summed E-state index contributed by atoms with van der Waals surface area (Å²) in [4.78, 5) is 10.9. The molecule has 1 heterocycles. The zero-order chi connectivity index (χ0) is 13.4. The molecule has 19 heavy (non-hydrogen) atoms. The number of para-hydroxylation sites is 1. The van der Waals surface area contributed by atoms with E-state index in [-0.39, 0.29) is 11.1 Å². The highest BCUT2D eigenvalue weighted by molar-refractivity contribution is 5.90. The number of halogens is 1. The van der Waals surface area contributed by atoms with Gasteiger partial charge in [0.2, 0.25) is 0 Å². The molecule has 4 heteroatoms. The molecule has 3 aromatic rings. The lowest BCUT2D eigenvalue weighted by molar-refractivity contribution is 0.0692. The molecule has 2 aromatic carbocycles. The smallest absolute Gasteiger partial charge is 0.338 e. The summed E-state index contributed by atoms with van der Waals surface area (Å²) >= 11 is 0. The number of rotatable bonds is 2. The lowest BCUT2D eigenvalue weighted by Gasteiger charge is -2.02. The summed E-state index contributed by atoms with van der Waals surface area (Å²) in [5, 5.41) is 9.75. The number of carboxylic acid groups (broad SMARTS) is 1. The third-order valence-corrected chi connectivity index (χ3v) is 2.92. The summed E-state index contributed by atoms with van der Waals surface area (Å²) in [5.74, 6) is -1.76. The van der Waals surface area contributed by atoms with Crippen LogP contribution in [0.15, 0.2) is 52.9 Å². The molecule has 0 radical (unpaired) electrons. The molecule has 0 amide bonds. The van der Waals surface area contributed by atoms with Crippen LogP contribution in [0, 0.1) is 5.82 Å². The van der Waals surface area contributed by atoms with E-state index in [2.05, 4.69) is 0 Å². The van der Waals surface area contributed by atoms with Crippen LogP contribution < -0.4 is 0 Å². The molecular formula is C15H9FO3. The van der Waals surface area contributed by atoms with E-state index in [1.807, 2.05) is 18.2 Å². The Bertz CT molecular complexity index is 741. The minimum Gasteiger partial charge on any atom is -0.478 e. The van der Waals surface area contributed by atoms with Crippen molar-refractivity contribution in [2.45, 2.75) is 0 Å². The van der Waals surface area contributed by atoms with Crippen molar-refractivity contribution < 1.29 is 18.7 Å². The van der Waals surface area contributed by atoms with Crippen molar-refractivity contribution in [3.05, 3.63) is 59.9 Å². The Hall–Kier alpha value is -2.62. The summed E-state index contributed by atoms with van der Waals surface area (Å²) in [7, 11) is 0. The van der Waals surface area contributed by atoms with Gasteiger partial charge >= 0.3 is 5.97 Å². The van der Waals surface area contributed by atoms with Gasteiger partial charge in [0.25, 0.3) is 0 Å². The van der Waals surface area contributed by atoms with Gasteiger partial charge in [-0.1, -0.05) is 24.3 Å². The van der Waals surface area contributed by atoms with Crippen molar-refractivity contribution in [1.82, 2.24) is 0 Å². The Morgan fingerprint density at radius 3 is 2.63 bits per heavy atom. The molecule has 0 saturated carbocycles. The molecule has 0 saturated heterocycles. The molecular weight excluding hydrogens is 247 g/mol. The molecule has 0 bridgehead atoms. The Morgan fingerprint density at radius 2 is 1.89 bits per heavy atom. The Kier molecular flexibility index (Phi) is 2.56. The number of carboxylic acids is 1. The van der Waals surface area contributed by atoms with Crippen molar-refractivity contribution >= 4 is 16.9 Å². The average molecular weight is 256 g/mol. The van der Waals surface area contributed by atoms with Gasteiger partial charge in [0, 0.05) is 5.39 Å². The van der Waals surface area contributed by atoms with Crippen LogP contribution in [0.1, 0.15) is 10.4 Å². The minimum atomic E-state index is -1.30. The molecule has 1 aromatic heterocycles. The summed E-state index contributed by atoms with van der Waals surface area (Å²) in [6.07, 6.45) is 0. The van der Waals surface area contributed by atoms with Crippen molar-refractivity contribution in [1.29, 1.82) is 0 Å². The minimum absolute atomic E-state index is 0.149. The number of benzene rings is 2. The van der Waals surface area contributed by atoms with Crippen LogP contribution in [-0.4, -0.2) is 11.1 Å². The summed E-state index contributed by atoms with van der Waals surface area (Å²) in [6, 6.07) is 13.2. The molecule has 3 nitrogen and oxygen atoms in total. The predicted molar refractivity (Wildman–Crippen MR) is 68.6 cm³/mol. The van der Waals surface area contributed by atoms with Crippen LogP contribution >= 0.6 is 0 Å². The maximum Gasteiger partial charge on any atom is 0.338 e. The second-order valence-electron chi connectivity index (χ2n) is 4.12. The van der Waals surface area contributed by atoms with Crippen molar-refractivity contribution in [2.75, 3.05) is 0 Å². The van der Waals surface area contributed by atoms with Crippen molar-refractivity contribution in [3.8, 4) is 11.3 Å². The van der Waals surface area contributed by atoms with E-state index in [4.69, 9.17) is 9.52 Å². The van der Waals surface area contributed by atoms with Gasteiger partial charge in [-0.3, -0.25) is 0 Å². The predicted octanol–water partition coefficient (Wildman–Crippen LogP) is 3.94. The van der Waals surface area contributed by atoms with E-state index in [0.717, 1.165) is 5.39 Å². The Labute approximate surface area is 107 Å². The monoisotopic (exact) mass is 256 g/mol. The molecule has 0 aliphatic heterocycles. The summed E-state index contributed by atoms with van der Waals surface area (Å²) in [6.45, 7) is 0. The van der Waals surface area contributed by atoms with Crippen LogP contribution in [0.2, 0.25) is 0 Å². The first-order valence-corrected chi connectivity index (χ1v) is 5.67. The van der Waals surface area contributed by atoms with E-state index in [1.165, 1.54) is 18.2 Å². The largest absolute Gasteiger partial charge is 0.478 e. The first-order chi connectivity index (χ1) is 9.16. The quantitative estimate of drug-likeness (QED) is 0.755. The second kappa shape index (κ2) is 4.24. The van der Waals surface area contributed by atoms with E-state index in [1.54, 1.807) is 12.1 Å². The van der Waals surface area contributed by atoms with Crippen LogP contribution in [-0.2, 0) is 0 Å². The molecule has 3 rings (SSSR count). The summed E-state index contributed by atoms with van der Waals surface area (Å²) in [5.41, 5.74) is 0.423. The highest BCUT2D eigenvalue weighted by Crippen LogP contribution is 2.30. The number of carbonyl (C=O) groups is 1. The molecule has 94 valence electrons. The Morgan fingerprint density at radius 1 is 1.11 bits per heavy atom. The normalized spacial score (nSPS) is 10.8. The zero-order valence-electron chi connectivity index (χ0n) is 9.76. The lowest BCUT2D eigenvalue weighted by Crippen LogP contribution is -2.01. The third kappa shape index (κ3) is 1.87. The van der Waals surface area contributed by atoms with Crippen molar-refractivity contribution in [3.63, 3.8) is 0 Å². The van der Waals surface area contributed by atoms with Crippen LogP contribution in [0.25, 0.3) is 22.3 Å². The lowest BCUT2D eigenvalue weighted by atomic mass is 10.1. The number of hydrogen-bond acceptors (Lipinski definition) is 2. The maximum absolute atomic E-state index is 14.1. The molecule has 0 spiro atoms. The zero-order valence-corrected chi connectivity index (χ0v) is 9.76. The topological polar surface area (TPSA) is 50.4 Å². The average Bonchev–Trinajstić information content (AvgIpc) is 2.82. The number of fused-ring (bicyclic) bond motifs is 1. The fraction of sp³-hybridized carbons (Fsp3) is 0. The van der Waals surface area contributed by atoms with E-state index in [9.17, 15) is 9.18 Å². The van der Waals surface area contributed by atoms with Gasteiger partial charge in [0.05, 0.1) is 11.1 Å². The van der Waals surface area contributed by atoms with Gasteiger partial charge in [-0.05, 0) is 24.3 Å².